The van der Waals surface area contributed by atoms with E-state index in [1.54, 1.807) is 43.4 Å². The summed E-state index contributed by atoms with van der Waals surface area (Å²) < 4.78 is 14.6. The molecule has 1 aliphatic heterocycles. The molecule has 0 atom stereocenters. The summed E-state index contributed by atoms with van der Waals surface area (Å²) in [4.78, 5) is 26.2. The van der Waals surface area contributed by atoms with E-state index in [0.717, 1.165) is 4.90 Å². The van der Waals surface area contributed by atoms with Gasteiger partial charge in [0.1, 0.15) is 10.8 Å². The second kappa shape index (κ2) is 5.53. The molecular weight excluding hydrogens is 345 g/mol. The van der Waals surface area contributed by atoms with Crippen LogP contribution in [0.2, 0.25) is 5.02 Å². The summed E-state index contributed by atoms with van der Waals surface area (Å²) in [6, 6.07) is 12.3. The fourth-order valence-electron chi connectivity index (χ4n) is 2.93. The fourth-order valence-corrected chi connectivity index (χ4v) is 3.28. The topological polar surface area (TPSA) is 55.2 Å². The van der Waals surface area contributed by atoms with Crippen molar-refractivity contribution in [3.8, 4) is 11.3 Å². The number of anilines is 1. The zero-order chi connectivity index (χ0) is 17.7. The van der Waals surface area contributed by atoms with E-state index in [2.05, 4.69) is 5.10 Å². The maximum absolute atomic E-state index is 13.2. The molecule has 2 heterocycles. The SMILES string of the molecule is Cn1nc(N2C(=O)c3ccccc3C2=O)c(Cl)c1-c1ccc(F)cc1. The largest absolute Gasteiger partial charge is 0.268 e. The van der Waals surface area contributed by atoms with Crippen LogP contribution in [0.3, 0.4) is 0 Å². The molecule has 124 valence electrons. The second-order valence-electron chi connectivity index (χ2n) is 5.61. The first kappa shape index (κ1) is 15.5. The van der Waals surface area contributed by atoms with Gasteiger partial charge in [0, 0.05) is 12.6 Å². The molecule has 0 radical (unpaired) electrons. The molecule has 4 rings (SSSR count). The van der Waals surface area contributed by atoms with E-state index in [-0.39, 0.29) is 16.7 Å². The molecule has 0 unspecified atom stereocenters. The first-order valence-electron chi connectivity index (χ1n) is 7.45. The number of nitrogens with zero attached hydrogens (tertiary/aromatic N) is 3. The lowest BCUT2D eigenvalue weighted by Crippen LogP contribution is -2.30. The Hall–Kier alpha value is -2.99. The van der Waals surface area contributed by atoms with Gasteiger partial charge in [0.15, 0.2) is 5.82 Å². The molecule has 0 bridgehead atoms. The average Bonchev–Trinajstić information content (AvgIpc) is 3.03. The number of imide groups is 1. The van der Waals surface area contributed by atoms with Gasteiger partial charge in [0.05, 0.1) is 16.8 Å². The summed E-state index contributed by atoms with van der Waals surface area (Å²) in [7, 11) is 1.65. The minimum atomic E-state index is -0.466. The number of amides is 2. The number of hydrogen-bond donors (Lipinski definition) is 0. The summed E-state index contributed by atoms with van der Waals surface area (Å²) >= 11 is 6.43. The fraction of sp³-hybridized carbons (Fsp3) is 0.0556. The number of fused-ring (bicyclic) bond motifs is 1. The van der Waals surface area contributed by atoms with Gasteiger partial charge in [-0.2, -0.15) is 5.10 Å². The Morgan fingerprint density at radius 1 is 0.960 bits per heavy atom. The predicted octanol–water partition coefficient (Wildman–Crippen LogP) is 3.68. The Kier molecular flexibility index (Phi) is 3.43. The molecule has 0 aliphatic carbocycles. The molecule has 3 aromatic rings. The Morgan fingerprint density at radius 3 is 2.08 bits per heavy atom. The van der Waals surface area contributed by atoms with Gasteiger partial charge in [0.25, 0.3) is 11.8 Å². The van der Waals surface area contributed by atoms with Crippen molar-refractivity contribution in [2.45, 2.75) is 0 Å². The van der Waals surface area contributed by atoms with E-state index < -0.39 is 11.8 Å². The maximum atomic E-state index is 13.2. The van der Waals surface area contributed by atoms with Crippen molar-refractivity contribution < 1.29 is 14.0 Å². The van der Waals surface area contributed by atoms with Gasteiger partial charge in [-0.1, -0.05) is 23.7 Å². The van der Waals surface area contributed by atoms with Gasteiger partial charge in [-0.05, 0) is 36.4 Å². The lowest BCUT2D eigenvalue weighted by molar-refractivity contribution is 0.0925. The first-order chi connectivity index (χ1) is 12.0. The number of halogens is 2. The lowest BCUT2D eigenvalue weighted by Gasteiger charge is -2.10. The highest BCUT2D eigenvalue weighted by Crippen LogP contribution is 2.38. The van der Waals surface area contributed by atoms with Gasteiger partial charge in [-0.15, -0.1) is 0 Å². The number of aromatic nitrogens is 2. The van der Waals surface area contributed by atoms with E-state index in [1.807, 2.05) is 0 Å². The van der Waals surface area contributed by atoms with E-state index in [1.165, 1.54) is 16.8 Å². The van der Waals surface area contributed by atoms with Crippen molar-refractivity contribution in [1.29, 1.82) is 0 Å². The van der Waals surface area contributed by atoms with Gasteiger partial charge in [-0.3, -0.25) is 14.3 Å². The van der Waals surface area contributed by atoms with Crippen LogP contribution in [0.15, 0.2) is 48.5 Å². The molecule has 2 amide bonds. The summed E-state index contributed by atoms with van der Waals surface area (Å²) in [5.41, 5.74) is 1.76. The monoisotopic (exact) mass is 355 g/mol. The van der Waals surface area contributed by atoms with Gasteiger partial charge in [0.2, 0.25) is 0 Å². The zero-order valence-electron chi connectivity index (χ0n) is 13.0. The molecule has 0 fully saturated rings. The van der Waals surface area contributed by atoms with Crippen LogP contribution in [-0.4, -0.2) is 21.6 Å². The lowest BCUT2D eigenvalue weighted by atomic mass is 10.1. The number of rotatable bonds is 2. The minimum absolute atomic E-state index is 0.0645. The van der Waals surface area contributed by atoms with Crippen LogP contribution in [0.1, 0.15) is 20.7 Å². The smallest absolute Gasteiger partial charge is 0.267 e. The molecule has 0 saturated heterocycles. The van der Waals surface area contributed by atoms with Crippen molar-refractivity contribution >= 4 is 29.2 Å². The third-order valence-corrected chi connectivity index (χ3v) is 4.44. The predicted molar refractivity (Wildman–Crippen MR) is 91.2 cm³/mol. The van der Waals surface area contributed by atoms with Crippen molar-refractivity contribution in [2.24, 2.45) is 7.05 Å². The zero-order valence-corrected chi connectivity index (χ0v) is 13.8. The summed E-state index contributed by atoms with van der Waals surface area (Å²) in [6.07, 6.45) is 0. The molecule has 0 saturated carbocycles. The first-order valence-corrected chi connectivity index (χ1v) is 7.83. The number of benzene rings is 2. The molecule has 25 heavy (non-hydrogen) atoms. The van der Waals surface area contributed by atoms with Crippen LogP contribution < -0.4 is 4.90 Å². The Labute approximate surface area is 147 Å². The van der Waals surface area contributed by atoms with E-state index in [4.69, 9.17) is 11.6 Å². The quantitative estimate of drug-likeness (QED) is 0.659. The molecule has 5 nitrogen and oxygen atoms in total. The molecule has 1 aromatic heterocycles. The minimum Gasteiger partial charge on any atom is -0.268 e. The van der Waals surface area contributed by atoms with Crippen molar-refractivity contribution in [1.82, 2.24) is 9.78 Å². The van der Waals surface area contributed by atoms with E-state index >= 15 is 0 Å². The van der Waals surface area contributed by atoms with Crippen LogP contribution in [0.4, 0.5) is 10.2 Å². The summed E-state index contributed by atoms with van der Waals surface area (Å²) in [5, 5.41) is 4.41. The highest BCUT2D eigenvalue weighted by Gasteiger charge is 2.39. The number of carbonyl (C=O) groups excluding carboxylic acids is 2. The highest BCUT2D eigenvalue weighted by molar-refractivity contribution is 6.40. The third-order valence-electron chi connectivity index (χ3n) is 4.10. The van der Waals surface area contributed by atoms with Crippen molar-refractivity contribution in [3.63, 3.8) is 0 Å². The van der Waals surface area contributed by atoms with Crippen molar-refractivity contribution in [2.75, 3.05) is 4.90 Å². The number of aryl methyl sites for hydroxylation is 1. The highest BCUT2D eigenvalue weighted by atomic mass is 35.5. The van der Waals surface area contributed by atoms with Crippen LogP contribution in [-0.2, 0) is 7.05 Å². The molecule has 7 heteroatoms. The van der Waals surface area contributed by atoms with Gasteiger partial charge in [-0.25, -0.2) is 9.29 Å². The maximum Gasteiger partial charge on any atom is 0.267 e. The molecule has 0 N–H and O–H groups in total. The normalized spacial score (nSPS) is 13.5. The summed E-state index contributed by atoms with van der Waals surface area (Å²) in [5.74, 6) is -1.24. The van der Waals surface area contributed by atoms with Crippen LogP contribution in [0.5, 0.6) is 0 Å². The van der Waals surface area contributed by atoms with E-state index in [0.29, 0.717) is 22.4 Å². The van der Waals surface area contributed by atoms with E-state index in [9.17, 15) is 14.0 Å². The van der Waals surface area contributed by atoms with Crippen molar-refractivity contribution in [3.05, 3.63) is 70.5 Å². The Bertz CT molecular complexity index is 992. The standard InChI is InChI=1S/C18H11ClFN3O2/c1-22-15(10-6-8-11(20)9-7-10)14(19)16(21-22)23-17(24)12-4-2-3-5-13(12)18(23)25/h2-9H,1H3. The number of carbonyl (C=O) groups is 2. The number of hydrogen-bond acceptors (Lipinski definition) is 3. The van der Waals surface area contributed by atoms with Gasteiger partial charge >= 0.3 is 0 Å². The second-order valence-corrected chi connectivity index (χ2v) is 5.99. The summed E-state index contributed by atoms with van der Waals surface area (Å²) in [6.45, 7) is 0. The third kappa shape index (κ3) is 2.26. The Morgan fingerprint density at radius 2 is 1.52 bits per heavy atom. The molecule has 0 spiro atoms. The van der Waals surface area contributed by atoms with Crippen LogP contribution >= 0.6 is 11.6 Å². The van der Waals surface area contributed by atoms with Crippen LogP contribution in [0.25, 0.3) is 11.3 Å². The molecular formula is C18H11ClFN3O2. The molecule has 1 aliphatic rings. The van der Waals surface area contributed by atoms with Crippen LogP contribution in [0, 0.1) is 5.82 Å². The van der Waals surface area contributed by atoms with Gasteiger partial charge < -0.3 is 0 Å². The molecule has 2 aromatic carbocycles. The Balaban J connectivity index is 1.84. The average molecular weight is 356 g/mol.